The van der Waals surface area contributed by atoms with Crippen molar-refractivity contribution in [2.75, 3.05) is 0 Å². The van der Waals surface area contributed by atoms with Gasteiger partial charge in [-0.1, -0.05) is 0 Å². The van der Waals surface area contributed by atoms with Gasteiger partial charge in [0.2, 0.25) is 11.5 Å². The number of thiazole rings is 1. The number of halogens is 3. The molecular weight excluding hydrogens is 365 g/mol. The number of aliphatic hydroxyl groups is 1. The van der Waals surface area contributed by atoms with Gasteiger partial charge in [-0.25, -0.2) is 4.98 Å². The van der Waals surface area contributed by atoms with Gasteiger partial charge in [0.1, 0.15) is 5.01 Å². The van der Waals surface area contributed by atoms with E-state index in [1.807, 2.05) is 0 Å². The molecule has 0 radical (unpaired) electrons. The third-order valence-corrected chi connectivity index (χ3v) is 7.41. The summed E-state index contributed by atoms with van der Waals surface area (Å²) in [6.45, 7) is 1.56. The van der Waals surface area contributed by atoms with Crippen molar-refractivity contribution in [2.24, 2.45) is 17.8 Å². The molecule has 4 aliphatic carbocycles. The summed E-state index contributed by atoms with van der Waals surface area (Å²) < 4.78 is 40.8. The molecule has 0 spiro atoms. The Balaban J connectivity index is 1.52. The predicted molar refractivity (Wildman–Crippen MR) is 90.5 cm³/mol. The highest BCUT2D eigenvalue weighted by molar-refractivity contribution is 7.09. The van der Waals surface area contributed by atoms with Crippen LogP contribution in [0.5, 0.6) is 0 Å². The Bertz CT molecular complexity index is 682. The smallest absolute Gasteiger partial charge is 0.374 e. The van der Waals surface area contributed by atoms with Gasteiger partial charge in [-0.2, -0.15) is 13.2 Å². The van der Waals surface area contributed by atoms with E-state index in [-0.39, 0.29) is 5.54 Å². The van der Waals surface area contributed by atoms with Crippen LogP contribution in [0, 0.1) is 24.7 Å². The van der Waals surface area contributed by atoms with E-state index in [2.05, 4.69) is 10.3 Å². The van der Waals surface area contributed by atoms with Crippen molar-refractivity contribution in [2.45, 2.75) is 69.2 Å². The van der Waals surface area contributed by atoms with Gasteiger partial charge in [-0.05, 0) is 63.2 Å². The number of aromatic nitrogens is 1. The molecule has 4 aliphatic rings. The van der Waals surface area contributed by atoms with Crippen molar-refractivity contribution in [1.82, 2.24) is 10.3 Å². The number of carbonyl (C=O) groups excluding carboxylic acids is 1. The van der Waals surface area contributed by atoms with Crippen LogP contribution in [0.15, 0.2) is 5.38 Å². The molecule has 8 heteroatoms. The van der Waals surface area contributed by atoms with E-state index in [9.17, 15) is 23.1 Å². The molecule has 1 aromatic heterocycles. The van der Waals surface area contributed by atoms with E-state index in [0.717, 1.165) is 30.6 Å². The van der Waals surface area contributed by atoms with Crippen LogP contribution in [0.4, 0.5) is 13.2 Å². The Morgan fingerprint density at radius 2 is 1.81 bits per heavy atom. The Kier molecular flexibility index (Phi) is 4.15. The summed E-state index contributed by atoms with van der Waals surface area (Å²) in [5.74, 6) is 0.985. The molecule has 5 rings (SSSR count). The molecule has 144 valence electrons. The minimum absolute atomic E-state index is 0.378. The van der Waals surface area contributed by atoms with Gasteiger partial charge < -0.3 is 10.4 Å². The molecule has 1 amide bonds. The second-order valence-electron chi connectivity index (χ2n) is 8.57. The van der Waals surface area contributed by atoms with Gasteiger partial charge >= 0.3 is 6.18 Å². The molecule has 0 unspecified atom stereocenters. The van der Waals surface area contributed by atoms with E-state index in [4.69, 9.17) is 0 Å². The lowest BCUT2D eigenvalue weighted by Crippen LogP contribution is -2.60. The number of hydrogen-bond acceptors (Lipinski definition) is 4. The second-order valence-corrected chi connectivity index (χ2v) is 9.43. The van der Waals surface area contributed by atoms with Crippen LogP contribution >= 0.6 is 11.3 Å². The van der Waals surface area contributed by atoms with Gasteiger partial charge in [-0.3, -0.25) is 4.79 Å². The Morgan fingerprint density at radius 3 is 2.23 bits per heavy atom. The standard InChI is InChI=1S/C18H23F3N2O2S/c1-10-9-26-15(22-10)17(25,18(19,20)21)8-14(24)23-16-5-11-2-12(6-16)4-13(3-11)7-16/h9,11-13,25H,2-8H2,1H3,(H,23,24)/t11?,12?,13?,16?,17-/m0/s1. The van der Waals surface area contributed by atoms with Crippen molar-refractivity contribution < 1.29 is 23.1 Å². The molecule has 4 nitrogen and oxygen atoms in total. The fourth-order valence-electron chi connectivity index (χ4n) is 5.68. The Hall–Kier alpha value is -1.15. The number of hydrogen-bond donors (Lipinski definition) is 2. The summed E-state index contributed by atoms with van der Waals surface area (Å²) in [4.78, 5) is 16.4. The SMILES string of the molecule is Cc1csc([C@@](O)(CC(=O)NC23CC4CC(CC(C4)C2)C3)C(F)(F)F)n1. The number of rotatable bonds is 4. The summed E-state index contributed by atoms with van der Waals surface area (Å²) in [5, 5.41) is 14.3. The maximum atomic E-state index is 13.6. The van der Waals surface area contributed by atoms with Crippen LogP contribution in [0.2, 0.25) is 0 Å². The number of alkyl halides is 3. The zero-order valence-corrected chi connectivity index (χ0v) is 15.4. The Morgan fingerprint density at radius 1 is 1.27 bits per heavy atom. The molecule has 26 heavy (non-hydrogen) atoms. The molecule has 1 heterocycles. The third-order valence-electron chi connectivity index (χ3n) is 6.30. The second kappa shape index (κ2) is 5.92. The van der Waals surface area contributed by atoms with Crippen LogP contribution in [0.3, 0.4) is 0 Å². The average Bonchev–Trinajstić information content (AvgIpc) is 2.90. The van der Waals surface area contributed by atoms with Gasteiger partial charge in [0, 0.05) is 16.6 Å². The van der Waals surface area contributed by atoms with Gasteiger partial charge in [-0.15, -0.1) is 11.3 Å². The molecule has 0 aliphatic heterocycles. The first-order chi connectivity index (χ1) is 12.1. The Labute approximate surface area is 154 Å². The molecule has 1 atom stereocenters. The van der Waals surface area contributed by atoms with Crippen molar-refractivity contribution in [3.8, 4) is 0 Å². The minimum atomic E-state index is -4.96. The first kappa shape index (κ1) is 18.2. The number of amides is 1. The summed E-state index contributed by atoms with van der Waals surface area (Å²) in [6, 6.07) is 0. The number of nitrogens with one attached hydrogen (secondary N) is 1. The highest BCUT2D eigenvalue weighted by Gasteiger charge is 2.59. The predicted octanol–water partition coefficient (Wildman–Crippen LogP) is 3.68. The zero-order valence-electron chi connectivity index (χ0n) is 14.6. The third kappa shape index (κ3) is 3.05. The van der Waals surface area contributed by atoms with Crippen LogP contribution < -0.4 is 5.32 Å². The first-order valence-corrected chi connectivity index (χ1v) is 9.99. The molecule has 2 N–H and O–H groups in total. The summed E-state index contributed by atoms with van der Waals surface area (Å²) in [5.41, 5.74) is -3.22. The normalized spacial score (nSPS) is 35.3. The monoisotopic (exact) mass is 388 g/mol. The summed E-state index contributed by atoms with van der Waals surface area (Å²) in [7, 11) is 0. The van der Waals surface area contributed by atoms with Crippen LogP contribution in [-0.2, 0) is 10.4 Å². The molecule has 4 saturated carbocycles. The maximum Gasteiger partial charge on any atom is 0.424 e. The van der Waals surface area contributed by atoms with E-state index >= 15 is 0 Å². The molecular formula is C18H23F3N2O2S. The topological polar surface area (TPSA) is 62.2 Å². The number of carbonyl (C=O) groups is 1. The van der Waals surface area contributed by atoms with Gasteiger partial charge in [0.05, 0.1) is 6.42 Å². The minimum Gasteiger partial charge on any atom is -0.374 e. The largest absolute Gasteiger partial charge is 0.424 e. The highest BCUT2D eigenvalue weighted by atomic mass is 32.1. The van der Waals surface area contributed by atoms with E-state index in [1.54, 1.807) is 6.92 Å². The van der Waals surface area contributed by atoms with Gasteiger partial charge in [0.15, 0.2) is 0 Å². The van der Waals surface area contributed by atoms with Crippen molar-refractivity contribution in [1.29, 1.82) is 0 Å². The quantitative estimate of drug-likeness (QED) is 0.827. The van der Waals surface area contributed by atoms with Gasteiger partial charge in [0.25, 0.3) is 0 Å². The molecule has 0 aromatic carbocycles. The van der Waals surface area contributed by atoms with Crippen LogP contribution in [0.1, 0.15) is 55.6 Å². The van der Waals surface area contributed by atoms with Crippen LogP contribution in [-0.4, -0.2) is 27.7 Å². The maximum absolute atomic E-state index is 13.6. The molecule has 1 aromatic rings. The summed E-state index contributed by atoms with van der Waals surface area (Å²) in [6.07, 6.45) is 0.101. The van der Waals surface area contributed by atoms with E-state index in [1.165, 1.54) is 24.6 Å². The van der Waals surface area contributed by atoms with Crippen molar-refractivity contribution >= 4 is 17.2 Å². The van der Waals surface area contributed by atoms with Crippen LogP contribution in [0.25, 0.3) is 0 Å². The fourth-order valence-corrected chi connectivity index (χ4v) is 6.59. The van der Waals surface area contributed by atoms with Crippen molar-refractivity contribution in [3.05, 3.63) is 16.1 Å². The molecule has 0 saturated heterocycles. The molecule has 4 bridgehead atoms. The first-order valence-electron chi connectivity index (χ1n) is 9.11. The lowest BCUT2D eigenvalue weighted by molar-refractivity contribution is -0.267. The van der Waals surface area contributed by atoms with Crippen molar-refractivity contribution in [3.63, 3.8) is 0 Å². The number of nitrogens with zero attached hydrogens (tertiary/aromatic N) is 1. The number of aryl methyl sites for hydroxylation is 1. The average molecular weight is 388 g/mol. The zero-order chi connectivity index (χ0) is 18.7. The lowest BCUT2D eigenvalue weighted by atomic mass is 9.53. The fraction of sp³-hybridized carbons (Fsp3) is 0.778. The highest BCUT2D eigenvalue weighted by Crippen LogP contribution is 2.55. The summed E-state index contributed by atoms with van der Waals surface area (Å²) >= 11 is 0.734. The molecule has 4 fully saturated rings. The van der Waals surface area contributed by atoms with E-state index in [0.29, 0.717) is 23.4 Å². The van der Waals surface area contributed by atoms with E-state index < -0.39 is 29.1 Å². The lowest BCUT2D eigenvalue weighted by Gasteiger charge is -2.57.